The number of hydrogen-bond acceptors (Lipinski definition) is 3. The smallest absolute Gasteiger partial charge is 0.311 e. The minimum absolute atomic E-state index is 0.0395. The summed E-state index contributed by atoms with van der Waals surface area (Å²) in [5.74, 6) is -1.43. The van der Waals surface area contributed by atoms with Crippen LogP contribution in [0.5, 0.6) is 0 Å². The summed E-state index contributed by atoms with van der Waals surface area (Å²) in [5.41, 5.74) is 0.515. The highest BCUT2D eigenvalue weighted by atomic mass is 16.6. The molecule has 0 spiro atoms. The normalized spacial score (nSPS) is 18.2. The second-order valence-electron chi connectivity index (χ2n) is 5.42. The minimum atomic E-state index is -0.877. The number of nitro benzene ring substituents is 1. The van der Waals surface area contributed by atoms with E-state index in [1.165, 1.54) is 12.1 Å². The Hall–Kier alpha value is -1.91. The first kappa shape index (κ1) is 14.5. The molecule has 1 fully saturated rings. The van der Waals surface area contributed by atoms with Crippen LogP contribution in [0.15, 0.2) is 24.3 Å². The van der Waals surface area contributed by atoms with E-state index in [4.69, 9.17) is 0 Å². The van der Waals surface area contributed by atoms with Gasteiger partial charge < -0.3 is 5.11 Å². The van der Waals surface area contributed by atoms with Gasteiger partial charge in [0.1, 0.15) is 0 Å². The largest absolute Gasteiger partial charge is 0.481 e. The zero-order valence-corrected chi connectivity index (χ0v) is 11.3. The quantitative estimate of drug-likeness (QED) is 0.516. The van der Waals surface area contributed by atoms with Gasteiger partial charge in [0.25, 0.3) is 5.69 Å². The van der Waals surface area contributed by atoms with E-state index in [1.807, 2.05) is 0 Å². The molecule has 1 aromatic carbocycles. The van der Waals surface area contributed by atoms with Crippen molar-refractivity contribution < 1.29 is 14.8 Å². The molecule has 1 aliphatic carbocycles. The number of carboxylic acids is 1. The standard InChI is InChI=1S/C15H19NO4/c17-15(18)14(11-6-3-1-2-4-7-11)12-8-5-9-13(10-12)16(19)20/h5,8-11,14H,1-4,6-7H2,(H,17,18). The summed E-state index contributed by atoms with van der Waals surface area (Å²) in [6.45, 7) is 0. The highest BCUT2D eigenvalue weighted by molar-refractivity contribution is 5.76. The van der Waals surface area contributed by atoms with E-state index in [9.17, 15) is 20.0 Å². The first-order valence-corrected chi connectivity index (χ1v) is 7.07. The van der Waals surface area contributed by atoms with E-state index in [-0.39, 0.29) is 11.6 Å². The summed E-state index contributed by atoms with van der Waals surface area (Å²) in [7, 11) is 0. The molecule has 1 aromatic rings. The summed E-state index contributed by atoms with van der Waals surface area (Å²) < 4.78 is 0. The fourth-order valence-corrected chi connectivity index (χ4v) is 3.09. The molecule has 0 saturated heterocycles. The number of non-ortho nitro benzene ring substituents is 1. The molecule has 5 nitrogen and oxygen atoms in total. The average Bonchev–Trinajstić information content (AvgIpc) is 2.68. The van der Waals surface area contributed by atoms with Gasteiger partial charge >= 0.3 is 5.97 Å². The van der Waals surface area contributed by atoms with Crippen molar-refractivity contribution in [1.82, 2.24) is 0 Å². The van der Waals surface area contributed by atoms with Crippen LogP contribution in [0.1, 0.15) is 50.0 Å². The monoisotopic (exact) mass is 277 g/mol. The van der Waals surface area contributed by atoms with Crippen LogP contribution in [0.4, 0.5) is 5.69 Å². The third-order valence-corrected chi connectivity index (χ3v) is 4.08. The molecule has 1 N–H and O–H groups in total. The first-order chi connectivity index (χ1) is 9.59. The highest BCUT2D eigenvalue weighted by Gasteiger charge is 2.30. The van der Waals surface area contributed by atoms with Crippen molar-refractivity contribution in [2.24, 2.45) is 5.92 Å². The van der Waals surface area contributed by atoms with E-state index in [0.29, 0.717) is 5.56 Å². The van der Waals surface area contributed by atoms with Gasteiger partial charge in [0, 0.05) is 12.1 Å². The Kier molecular flexibility index (Phi) is 4.71. The number of aliphatic carboxylic acids is 1. The van der Waals surface area contributed by atoms with Gasteiger partial charge in [-0.05, 0) is 24.3 Å². The number of rotatable bonds is 4. The molecule has 0 bridgehead atoms. The summed E-state index contributed by atoms with van der Waals surface area (Å²) in [6, 6.07) is 6.07. The van der Waals surface area contributed by atoms with Gasteiger partial charge in [-0.1, -0.05) is 37.8 Å². The fourth-order valence-electron chi connectivity index (χ4n) is 3.09. The second kappa shape index (κ2) is 6.50. The number of nitrogens with zero attached hydrogens (tertiary/aromatic N) is 1. The van der Waals surface area contributed by atoms with Crippen molar-refractivity contribution in [2.45, 2.75) is 44.4 Å². The Morgan fingerprint density at radius 3 is 2.45 bits per heavy atom. The molecule has 20 heavy (non-hydrogen) atoms. The molecule has 1 atom stereocenters. The molecular weight excluding hydrogens is 258 g/mol. The Morgan fingerprint density at radius 1 is 1.25 bits per heavy atom. The lowest BCUT2D eigenvalue weighted by Crippen LogP contribution is -2.21. The molecular formula is C15H19NO4. The third kappa shape index (κ3) is 3.35. The van der Waals surface area contributed by atoms with Gasteiger partial charge in [-0.15, -0.1) is 0 Å². The highest BCUT2D eigenvalue weighted by Crippen LogP contribution is 2.36. The van der Waals surface area contributed by atoms with Gasteiger partial charge in [-0.2, -0.15) is 0 Å². The van der Waals surface area contributed by atoms with Crippen molar-refractivity contribution in [3.63, 3.8) is 0 Å². The SMILES string of the molecule is O=C(O)C(c1cccc([N+](=O)[O-])c1)C1CCCCCC1. The number of hydrogen-bond donors (Lipinski definition) is 1. The van der Waals surface area contributed by atoms with Crippen molar-refractivity contribution in [1.29, 1.82) is 0 Å². The number of carbonyl (C=O) groups is 1. The van der Waals surface area contributed by atoms with Crippen molar-refractivity contribution in [2.75, 3.05) is 0 Å². The predicted molar refractivity (Wildman–Crippen MR) is 74.7 cm³/mol. The predicted octanol–water partition coefficient (Wildman–Crippen LogP) is 3.73. The Balaban J connectivity index is 2.30. The van der Waals surface area contributed by atoms with Crippen molar-refractivity contribution in [3.8, 4) is 0 Å². The molecule has 0 amide bonds. The van der Waals surface area contributed by atoms with Crippen LogP contribution in [0, 0.1) is 16.0 Å². The lowest BCUT2D eigenvalue weighted by atomic mass is 9.81. The summed E-state index contributed by atoms with van der Waals surface area (Å²) in [5, 5.41) is 20.4. The van der Waals surface area contributed by atoms with E-state index >= 15 is 0 Å². The van der Waals surface area contributed by atoms with E-state index in [1.54, 1.807) is 12.1 Å². The lowest BCUT2D eigenvalue weighted by Gasteiger charge is -2.22. The Labute approximate surface area is 117 Å². The number of carboxylic acid groups (broad SMARTS) is 1. The molecule has 108 valence electrons. The van der Waals surface area contributed by atoms with Crippen LogP contribution < -0.4 is 0 Å². The summed E-state index contributed by atoms with van der Waals surface area (Å²) in [4.78, 5) is 22.0. The zero-order valence-electron chi connectivity index (χ0n) is 11.3. The molecule has 0 aliphatic heterocycles. The molecule has 1 saturated carbocycles. The Morgan fingerprint density at radius 2 is 1.90 bits per heavy atom. The van der Waals surface area contributed by atoms with Gasteiger partial charge in [0.15, 0.2) is 0 Å². The fraction of sp³-hybridized carbons (Fsp3) is 0.533. The lowest BCUT2D eigenvalue weighted by molar-refractivity contribution is -0.384. The van der Waals surface area contributed by atoms with Crippen LogP contribution >= 0.6 is 0 Å². The van der Waals surface area contributed by atoms with Crippen LogP contribution in [-0.2, 0) is 4.79 Å². The molecule has 2 rings (SSSR count). The second-order valence-corrected chi connectivity index (χ2v) is 5.42. The van der Waals surface area contributed by atoms with Crippen LogP contribution in [-0.4, -0.2) is 16.0 Å². The summed E-state index contributed by atoms with van der Waals surface area (Å²) >= 11 is 0. The Bertz CT molecular complexity index is 492. The van der Waals surface area contributed by atoms with Gasteiger partial charge in [0.05, 0.1) is 10.8 Å². The van der Waals surface area contributed by atoms with Gasteiger partial charge in [0.2, 0.25) is 0 Å². The topological polar surface area (TPSA) is 80.4 Å². The summed E-state index contributed by atoms with van der Waals surface area (Å²) in [6.07, 6.45) is 6.17. The number of benzene rings is 1. The molecule has 1 unspecified atom stereocenters. The third-order valence-electron chi connectivity index (χ3n) is 4.08. The van der Waals surface area contributed by atoms with Crippen LogP contribution in [0.2, 0.25) is 0 Å². The van der Waals surface area contributed by atoms with Crippen molar-refractivity contribution in [3.05, 3.63) is 39.9 Å². The molecule has 0 heterocycles. The molecule has 5 heteroatoms. The molecule has 1 aliphatic rings. The van der Waals surface area contributed by atoms with E-state index in [0.717, 1.165) is 38.5 Å². The minimum Gasteiger partial charge on any atom is -0.481 e. The van der Waals surface area contributed by atoms with Gasteiger partial charge in [-0.25, -0.2) is 0 Å². The maximum absolute atomic E-state index is 11.6. The zero-order chi connectivity index (χ0) is 14.5. The maximum atomic E-state index is 11.6. The van der Waals surface area contributed by atoms with Crippen molar-refractivity contribution >= 4 is 11.7 Å². The first-order valence-electron chi connectivity index (χ1n) is 7.07. The number of nitro groups is 1. The van der Waals surface area contributed by atoms with Crippen LogP contribution in [0.25, 0.3) is 0 Å². The van der Waals surface area contributed by atoms with E-state index in [2.05, 4.69) is 0 Å². The van der Waals surface area contributed by atoms with Gasteiger partial charge in [-0.3, -0.25) is 14.9 Å². The molecule has 0 aromatic heterocycles. The average molecular weight is 277 g/mol. The van der Waals surface area contributed by atoms with Crippen LogP contribution in [0.3, 0.4) is 0 Å². The maximum Gasteiger partial charge on any atom is 0.311 e. The van der Waals surface area contributed by atoms with E-state index < -0.39 is 16.8 Å². The molecule has 0 radical (unpaired) electrons.